The lowest BCUT2D eigenvalue weighted by Gasteiger charge is -2.28. The molecule has 1 saturated carbocycles. The van der Waals surface area contributed by atoms with Crippen molar-refractivity contribution in [3.8, 4) is 0 Å². The van der Waals surface area contributed by atoms with Crippen LogP contribution in [0, 0.1) is 17.2 Å². The number of rotatable bonds is 5. The van der Waals surface area contributed by atoms with Crippen molar-refractivity contribution in [1.82, 2.24) is 19.4 Å². The van der Waals surface area contributed by atoms with Crippen LogP contribution in [0.2, 0.25) is 0 Å². The van der Waals surface area contributed by atoms with E-state index >= 15 is 0 Å². The van der Waals surface area contributed by atoms with Crippen LogP contribution in [0.25, 0.3) is 0 Å². The number of amides is 2. The second kappa shape index (κ2) is 7.46. The van der Waals surface area contributed by atoms with Gasteiger partial charge in [0.15, 0.2) is 0 Å². The molecule has 0 bridgehead atoms. The molecule has 2 saturated heterocycles. The molecule has 2 aromatic rings. The largest absolute Gasteiger partial charge is 0.342 e. The summed E-state index contributed by atoms with van der Waals surface area (Å²) in [6, 6.07) is 5.92. The van der Waals surface area contributed by atoms with Crippen molar-refractivity contribution < 1.29 is 14.0 Å². The minimum absolute atomic E-state index is 0.131. The van der Waals surface area contributed by atoms with Gasteiger partial charge in [-0.25, -0.2) is 9.37 Å². The second-order valence-corrected chi connectivity index (χ2v) is 9.69. The van der Waals surface area contributed by atoms with Crippen LogP contribution in [0.1, 0.15) is 61.1 Å². The summed E-state index contributed by atoms with van der Waals surface area (Å²) < 4.78 is 15.4. The van der Waals surface area contributed by atoms with E-state index in [0.29, 0.717) is 24.6 Å². The Balaban J connectivity index is 1.46. The molecule has 3 fully saturated rings. The molecule has 31 heavy (non-hydrogen) atoms. The fourth-order valence-electron chi connectivity index (χ4n) is 5.15. The monoisotopic (exact) mass is 424 g/mol. The molecule has 6 nitrogen and oxygen atoms in total. The van der Waals surface area contributed by atoms with Gasteiger partial charge in [0.25, 0.3) is 5.91 Å². The zero-order valence-electron chi connectivity index (χ0n) is 18.1. The topological polar surface area (TPSA) is 58.4 Å². The Morgan fingerprint density at radius 3 is 2.65 bits per heavy atom. The number of benzene rings is 1. The van der Waals surface area contributed by atoms with Crippen molar-refractivity contribution in [1.29, 1.82) is 0 Å². The van der Waals surface area contributed by atoms with Gasteiger partial charge in [-0.05, 0) is 63.3 Å². The Kier molecular flexibility index (Phi) is 4.87. The summed E-state index contributed by atoms with van der Waals surface area (Å²) in [5.74, 6) is 0.148. The average Bonchev–Trinajstić information content (AvgIpc) is 3.17. The highest BCUT2D eigenvalue weighted by Crippen LogP contribution is 2.50. The lowest BCUT2D eigenvalue weighted by molar-refractivity contribution is -0.136. The summed E-state index contributed by atoms with van der Waals surface area (Å²) in [5.41, 5.74) is 0.704. The molecule has 1 spiro atoms. The first kappa shape index (κ1) is 20.2. The maximum Gasteiger partial charge on any atom is 0.253 e. The van der Waals surface area contributed by atoms with E-state index in [0.717, 1.165) is 25.2 Å². The van der Waals surface area contributed by atoms with Crippen molar-refractivity contribution in [2.24, 2.45) is 11.3 Å². The summed E-state index contributed by atoms with van der Waals surface area (Å²) >= 11 is 0. The van der Waals surface area contributed by atoms with Gasteiger partial charge >= 0.3 is 0 Å². The molecule has 2 atom stereocenters. The first-order valence-corrected chi connectivity index (χ1v) is 11.2. The van der Waals surface area contributed by atoms with Gasteiger partial charge in [0.2, 0.25) is 5.91 Å². The van der Waals surface area contributed by atoms with E-state index in [-0.39, 0.29) is 29.6 Å². The molecule has 2 amide bonds. The molecule has 3 heterocycles. The lowest BCUT2D eigenvalue weighted by atomic mass is 9.75. The van der Waals surface area contributed by atoms with Crippen LogP contribution < -0.4 is 0 Å². The molecule has 3 aliphatic rings. The highest BCUT2D eigenvalue weighted by atomic mass is 19.1. The highest BCUT2D eigenvalue weighted by molar-refractivity contribution is 5.96. The van der Waals surface area contributed by atoms with Gasteiger partial charge in [-0.3, -0.25) is 9.59 Å². The molecular weight excluding hydrogens is 395 g/mol. The maximum atomic E-state index is 13.7. The number of carbonyl (C=O) groups excluding carboxylic acids is 2. The number of carbonyl (C=O) groups is 2. The number of hydrogen-bond acceptors (Lipinski definition) is 3. The van der Waals surface area contributed by atoms with Gasteiger partial charge in [0, 0.05) is 49.9 Å². The molecule has 2 aliphatic heterocycles. The standard InChI is InChI=1S/C24H29FN4O2/c1-16(2)29-13-21(26-15-29)20-12-28(22(30)18-5-7-19(25)8-6-18)14-24(20)9-10-27(23(24)31)11-17-3-4-17/h5-8,13,15-17,20H,3-4,9-12,14H2,1-2H3/t20-,24+/m0/s1. The number of hydrogen-bond donors (Lipinski definition) is 0. The summed E-state index contributed by atoms with van der Waals surface area (Å²) in [4.78, 5) is 35.3. The highest BCUT2D eigenvalue weighted by Gasteiger charge is 2.59. The maximum absolute atomic E-state index is 13.7. The van der Waals surface area contributed by atoms with Crippen LogP contribution in [-0.2, 0) is 4.79 Å². The molecule has 0 unspecified atom stereocenters. The van der Waals surface area contributed by atoms with E-state index in [4.69, 9.17) is 0 Å². The first-order chi connectivity index (χ1) is 14.9. The van der Waals surface area contributed by atoms with Crippen LogP contribution in [0.3, 0.4) is 0 Å². The minimum Gasteiger partial charge on any atom is -0.342 e. The van der Waals surface area contributed by atoms with E-state index < -0.39 is 5.41 Å². The Hall–Kier alpha value is -2.70. The molecule has 7 heteroatoms. The summed E-state index contributed by atoms with van der Waals surface area (Å²) in [5, 5.41) is 0. The van der Waals surface area contributed by atoms with Crippen LogP contribution in [-0.4, -0.2) is 57.3 Å². The molecule has 164 valence electrons. The zero-order valence-corrected chi connectivity index (χ0v) is 18.1. The molecular formula is C24H29FN4O2. The van der Waals surface area contributed by atoms with Gasteiger partial charge < -0.3 is 14.4 Å². The van der Waals surface area contributed by atoms with E-state index in [9.17, 15) is 14.0 Å². The zero-order chi connectivity index (χ0) is 21.8. The third-order valence-electron chi connectivity index (χ3n) is 7.21. The minimum atomic E-state index is -0.624. The molecule has 1 aromatic carbocycles. The predicted octanol–water partition coefficient (Wildman–Crippen LogP) is 3.47. The Labute approximate surface area is 182 Å². The van der Waals surface area contributed by atoms with Crippen LogP contribution >= 0.6 is 0 Å². The summed E-state index contributed by atoms with van der Waals surface area (Å²) in [6.07, 6.45) is 6.99. The first-order valence-electron chi connectivity index (χ1n) is 11.2. The quantitative estimate of drug-likeness (QED) is 0.739. The van der Waals surface area contributed by atoms with E-state index in [1.807, 2.05) is 17.4 Å². The van der Waals surface area contributed by atoms with Crippen LogP contribution in [0.15, 0.2) is 36.8 Å². The number of aromatic nitrogens is 2. The molecule has 1 aliphatic carbocycles. The van der Waals surface area contributed by atoms with E-state index in [1.54, 1.807) is 4.90 Å². The van der Waals surface area contributed by atoms with E-state index in [2.05, 4.69) is 23.4 Å². The third kappa shape index (κ3) is 3.54. The van der Waals surface area contributed by atoms with Gasteiger partial charge in [-0.2, -0.15) is 0 Å². The summed E-state index contributed by atoms with van der Waals surface area (Å²) in [7, 11) is 0. The lowest BCUT2D eigenvalue weighted by Crippen LogP contribution is -2.41. The number of halogens is 1. The Bertz CT molecular complexity index is 997. The summed E-state index contributed by atoms with van der Waals surface area (Å²) in [6.45, 7) is 6.61. The number of likely N-dealkylation sites (tertiary alicyclic amines) is 2. The van der Waals surface area contributed by atoms with Crippen molar-refractivity contribution in [3.05, 3.63) is 53.9 Å². The smallest absolute Gasteiger partial charge is 0.253 e. The van der Waals surface area contributed by atoms with Crippen molar-refractivity contribution in [2.75, 3.05) is 26.2 Å². The van der Waals surface area contributed by atoms with Gasteiger partial charge in [-0.1, -0.05) is 0 Å². The predicted molar refractivity (Wildman–Crippen MR) is 114 cm³/mol. The van der Waals surface area contributed by atoms with Crippen molar-refractivity contribution >= 4 is 11.8 Å². The van der Waals surface area contributed by atoms with Gasteiger partial charge in [0.1, 0.15) is 5.82 Å². The Morgan fingerprint density at radius 1 is 1.26 bits per heavy atom. The van der Waals surface area contributed by atoms with Crippen molar-refractivity contribution in [3.63, 3.8) is 0 Å². The van der Waals surface area contributed by atoms with Crippen LogP contribution in [0.4, 0.5) is 4.39 Å². The fraction of sp³-hybridized carbons (Fsp3) is 0.542. The van der Waals surface area contributed by atoms with Gasteiger partial charge in [-0.15, -0.1) is 0 Å². The average molecular weight is 425 g/mol. The van der Waals surface area contributed by atoms with Crippen molar-refractivity contribution in [2.45, 2.75) is 45.1 Å². The second-order valence-electron chi connectivity index (χ2n) is 9.69. The third-order valence-corrected chi connectivity index (χ3v) is 7.21. The van der Waals surface area contributed by atoms with Gasteiger partial charge in [0.05, 0.1) is 17.4 Å². The Morgan fingerprint density at radius 2 is 2.00 bits per heavy atom. The van der Waals surface area contributed by atoms with E-state index in [1.165, 1.54) is 37.1 Å². The van der Waals surface area contributed by atoms with Crippen LogP contribution in [0.5, 0.6) is 0 Å². The SMILES string of the molecule is CC(C)n1cnc([C@@H]2CN(C(=O)c3ccc(F)cc3)C[C@]23CCN(CC2CC2)C3=O)c1. The normalized spacial score (nSPS) is 25.9. The fourth-order valence-corrected chi connectivity index (χ4v) is 5.15. The molecule has 5 rings (SSSR count). The molecule has 0 radical (unpaired) electrons. The number of imidazole rings is 1. The molecule has 0 N–H and O–H groups in total. The number of nitrogens with zero attached hydrogens (tertiary/aromatic N) is 4. The molecule has 1 aromatic heterocycles.